The van der Waals surface area contributed by atoms with Gasteiger partial charge in [0.1, 0.15) is 0 Å². The van der Waals surface area contributed by atoms with Crippen molar-refractivity contribution in [2.24, 2.45) is 5.16 Å². The smallest absolute Gasteiger partial charge is 0.177 e. The molecule has 1 saturated carbocycles. The van der Waals surface area contributed by atoms with Crippen LogP contribution in [-0.4, -0.2) is 23.5 Å². The molecular formula is C9H13NO2. The first kappa shape index (κ1) is 9.08. The number of aliphatic hydroxyl groups is 1. The standard InChI is InChI=1S/C9H13NO2/c1-2-7-12-10-8-3-5-9(11)6-4-8/h1,9,11H,3-7H2. The first-order chi connectivity index (χ1) is 5.83. The lowest BCUT2D eigenvalue weighted by Crippen LogP contribution is -2.18. The predicted molar refractivity (Wildman–Crippen MR) is 46.7 cm³/mol. The Morgan fingerprint density at radius 2 is 2.25 bits per heavy atom. The first-order valence-corrected chi connectivity index (χ1v) is 4.12. The zero-order valence-corrected chi connectivity index (χ0v) is 6.99. The summed E-state index contributed by atoms with van der Waals surface area (Å²) in [6.45, 7) is 0.228. The average Bonchev–Trinajstić information content (AvgIpc) is 2.09. The number of aliphatic hydroxyl groups excluding tert-OH is 1. The fourth-order valence-electron chi connectivity index (χ4n) is 1.19. The van der Waals surface area contributed by atoms with Gasteiger partial charge in [-0.25, -0.2) is 0 Å². The number of nitrogens with zero attached hydrogens (tertiary/aromatic N) is 1. The summed E-state index contributed by atoms with van der Waals surface area (Å²) in [6.07, 6.45) is 8.06. The topological polar surface area (TPSA) is 41.8 Å². The molecule has 0 bridgehead atoms. The van der Waals surface area contributed by atoms with Gasteiger partial charge in [-0.1, -0.05) is 11.1 Å². The molecule has 0 amide bonds. The third kappa shape index (κ3) is 2.93. The minimum Gasteiger partial charge on any atom is -0.393 e. The molecule has 0 aromatic heterocycles. The molecular weight excluding hydrogens is 154 g/mol. The quantitative estimate of drug-likeness (QED) is 0.377. The van der Waals surface area contributed by atoms with Gasteiger partial charge in [0.15, 0.2) is 6.61 Å². The van der Waals surface area contributed by atoms with E-state index in [-0.39, 0.29) is 12.7 Å². The maximum Gasteiger partial charge on any atom is 0.177 e. The first-order valence-electron chi connectivity index (χ1n) is 4.12. The number of rotatable bonds is 2. The van der Waals surface area contributed by atoms with E-state index in [1.807, 2.05) is 0 Å². The molecule has 1 aliphatic carbocycles. The van der Waals surface area contributed by atoms with E-state index >= 15 is 0 Å². The Bertz CT molecular complexity index is 195. The fourth-order valence-corrected chi connectivity index (χ4v) is 1.19. The summed E-state index contributed by atoms with van der Waals surface area (Å²) in [6, 6.07) is 0. The molecule has 0 atom stereocenters. The molecule has 0 spiro atoms. The molecule has 1 N–H and O–H groups in total. The van der Waals surface area contributed by atoms with Crippen LogP contribution in [0.2, 0.25) is 0 Å². The highest BCUT2D eigenvalue weighted by molar-refractivity contribution is 5.84. The minimum atomic E-state index is -0.156. The SMILES string of the molecule is C#CCON=C1CCC(O)CC1. The van der Waals surface area contributed by atoms with E-state index in [0.717, 1.165) is 31.4 Å². The van der Waals surface area contributed by atoms with Crippen molar-refractivity contribution >= 4 is 5.71 Å². The van der Waals surface area contributed by atoms with Crippen LogP contribution >= 0.6 is 0 Å². The van der Waals surface area contributed by atoms with Gasteiger partial charge < -0.3 is 9.94 Å². The minimum absolute atomic E-state index is 0.156. The molecule has 12 heavy (non-hydrogen) atoms. The molecule has 1 aliphatic rings. The van der Waals surface area contributed by atoms with E-state index in [4.69, 9.17) is 11.3 Å². The second-order valence-electron chi connectivity index (χ2n) is 2.87. The summed E-state index contributed by atoms with van der Waals surface area (Å²) in [5.41, 5.74) is 1.01. The molecule has 0 aliphatic heterocycles. The second-order valence-corrected chi connectivity index (χ2v) is 2.87. The van der Waals surface area contributed by atoms with Gasteiger partial charge in [0.05, 0.1) is 11.8 Å². The largest absolute Gasteiger partial charge is 0.393 e. The van der Waals surface area contributed by atoms with E-state index in [2.05, 4.69) is 11.1 Å². The summed E-state index contributed by atoms with van der Waals surface area (Å²) >= 11 is 0. The highest BCUT2D eigenvalue weighted by atomic mass is 16.6. The monoisotopic (exact) mass is 167 g/mol. The Morgan fingerprint density at radius 1 is 1.58 bits per heavy atom. The average molecular weight is 167 g/mol. The number of hydrogen-bond acceptors (Lipinski definition) is 3. The third-order valence-electron chi connectivity index (χ3n) is 1.87. The Hall–Kier alpha value is -1.01. The summed E-state index contributed by atoms with van der Waals surface area (Å²) in [5, 5.41) is 13.0. The maximum absolute atomic E-state index is 9.17. The van der Waals surface area contributed by atoms with Crippen LogP contribution in [0.3, 0.4) is 0 Å². The van der Waals surface area contributed by atoms with Crippen LogP contribution in [-0.2, 0) is 4.84 Å². The van der Waals surface area contributed by atoms with E-state index in [1.165, 1.54) is 0 Å². The summed E-state index contributed by atoms with van der Waals surface area (Å²) in [5.74, 6) is 2.34. The molecule has 1 rings (SSSR count). The van der Waals surface area contributed by atoms with E-state index in [0.29, 0.717) is 0 Å². The number of hydrogen-bond donors (Lipinski definition) is 1. The van der Waals surface area contributed by atoms with E-state index in [9.17, 15) is 5.11 Å². The van der Waals surface area contributed by atoms with Crippen molar-refractivity contribution < 1.29 is 9.94 Å². The van der Waals surface area contributed by atoms with Gasteiger partial charge in [-0.05, 0) is 25.7 Å². The number of oxime groups is 1. The zero-order valence-electron chi connectivity index (χ0n) is 6.99. The van der Waals surface area contributed by atoms with Crippen LogP contribution < -0.4 is 0 Å². The fraction of sp³-hybridized carbons (Fsp3) is 0.667. The normalized spacial score (nSPS) is 23.0. The lowest BCUT2D eigenvalue weighted by Gasteiger charge is -2.17. The van der Waals surface area contributed by atoms with Gasteiger partial charge in [0.25, 0.3) is 0 Å². The molecule has 0 aromatic rings. The third-order valence-corrected chi connectivity index (χ3v) is 1.87. The number of terminal acetylenes is 1. The highest BCUT2D eigenvalue weighted by Gasteiger charge is 2.14. The molecule has 0 radical (unpaired) electrons. The Morgan fingerprint density at radius 3 is 2.83 bits per heavy atom. The zero-order chi connectivity index (χ0) is 8.81. The predicted octanol–water partition coefficient (Wildman–Crippen LogP) is 0.927. The van der Waals surface area contributed by atoms with Gasteiger partial charge in [-0.2, -0.15) is 0 Å². The Kier molecular flexibility index (Phi) is 3.62. The van der Waals surface area contributed by atoms with Crippen molar-refractivity contribution in [1.29, 1.82) is 0 Å². The van der Waals surface area contributed by atoms with Gasteiger partial charge >= 0.3 is 0 Å². The van der Waals surface area contributed by atoms with Crippen LogP contribution in [0.5, 0.6) is 0 Å². The lowest BCUT2D eigenvalue weighted by molar-refractivity contribution is 0.145. The van der Waals surface area contributed by atoms with Crippen LogP contribution in [0.1, 0.15) is 25.7 Å². The second kappa shape index (κ2) is 4.78. The van der Waals surface area contributed by atoms with Gasteiger partial charge in [-0.15, -0.1) is 6.42 Å². The van der Waals surface area contributed by atoms with Crippen LogP contribution in [0.25, 0.3) is 0 Å². The molecule has 1 fully saturated rings. The molecule has 0 aromatic carbocycles. The lowest BCUT2D eigenvalue weighted by atomic mass is 9.96. The molecule has 0 saturated heterocycles. The Labute approximate surface area is 72.4 Å². The molecule has 3 heteroatoms. The molecule has 66 valence electrons. The van der Waals surface area contributed by atoms with Crippen molar-refractivity contribution in [2.45, 2.75) is 31.8 Å². The van der Waals surface area contributed by atoms with Crippen molar-refractivity contribution in [3.05, 3.63) is 0 Å². The van der Waals surface area contributed by atoms with Crippen molar-refractivity contribution in [1.82, 2.24) is 0 Å². The van der Waals surface area contributed by atoms with Crippen LogP contribution in [0.15, 0.2) is 5.16 Å². The molecule has 0 unspecified atom stereocenters. The summed E-state index contributed by atoms with van der Waals surface area (Å²) in [7, 11) is 0. The van der Waals surface area contributed by atoms with Crippen LogP contribution in [0, 0.1) is 12.3 Å². The van der Waals surface area contributed by atoms with Crippen molar-refractivity contribution in [2.75, 3.05) is 6.61 Å². The van der Waals surface area contributed by atoms with E-state index in [1.54, 1.807) is 0 Å². The summed E-state index contributed by atoms with van der Waals surface area (Å²) < 4.78 is 0. The Balaban J connectivity index is 2.25. The van der Waals surface area contributed by atoms with Gasteiger partial charge in [0, 0.05) is 0 Å². The molecule has 0 heterocycles. The van der Waals surface area contributed by atoms with Crippen molar-refractivity contribution in [3.8, 4) is 12.3 Å². The molecule has 3 nitrogen and oxygen atoms in total. The van der Waals surface area contributed by atoms with Gasteiger partial charge in [0.2, 0.25) is 0 Å². The van der Waals surface area contributed by atoms with E-state index < -0.39 is 0 Å². The van der Waals surface area contributed by atoms with Crippen LogP contribution in [0.4, 0.5) is 0 Å². The van der Waals surface area contributed by atoms with Gasteiger partial charge in [-0.3, -0.25) is 0 Å². The van der Waals surface area contributed by atoms with Crippen molar-refractivity contribution in [3.63, 3.8) is 0 Å². The maximum atomic E-state index is 9.17. The summed E-state index contributed by atoms with van der Waals surface area (Å²) in [4.78, 5) is 4.83. The highest BCUT2D eigenvalue weighted by Crippen LogP contribution is 2.15.